The Morgan fingerprint density at radius 3 is 2.27 bits per heavy atom. The van der Waals surface area contributed by atoms with Crippen LogP contribution in [0.25, 0.3) is 0 Å². The van der Waals surface area contributed by atoms with E-state index in [1.165, 1.54) is 0 Å². The van der Waals surface area contributed by atoms with Gasteiger partial charge in [0, 0.05) is 16.9 Å². The summed E-state index contributed by atoms with van der Waals surface area (Å²) in [7, 11) is -0.0648. The van der Waals surface area contributed by atoms with Crippen LogP contribution in [0.4, 0.5) is 0 Å². The molecule has 0 heterocycles. The van der Waals surface area contributed by atoms with Crippen molar-refractivity contribution in [2.24, 2.45) is 0 Å². The summed E-state index contributed by atoms with van der Waals surface area (Å²) in [5, 5.41) is 1.35. The van der Waals surface area contributed by atoms with E-state index in [-0.39, 0.29) is 45.2 Å². The molecule has 0 saturated carbocycles. The van der Waals surface area contributed by atoms with Gasteiger partial charge in [-0.2, -0.15) is 0 Å². The monoisotopic (exact) mass is 385 g/mol. The van der Waals surface area contributed by atoms with Crippen LogP contribution in [0.15, 0.2) is 36.4 Å². The Morgan fingerprint density at radius 1 is 1.04 bits per heavy atom. The Balaban J connectivity index is 0.00000338. The Morgan fingerprint density at radius 2 is 1.69 bits per heavy atom. The Labute approximate surface area is 174 Å². The Bertz CT molecular complexity index is 742. The summed E-state index contributed by atoms with van der Waals surface area (Å²) in [6.45, 7) is 9.77. The smallest absolute Gasteiger partial charge is 0.491 e. The zero-order valence-corrected chi connectivity index (χ0v) is 18.0. The summed E-state index contributed by atoms with van der Waals surface area (Å²) in [4.78, 5) is 12.8. The van der Waals surface area contributed by atoms with Crippen molar-refractivity contribution in [3.05, 3.63) is 52.5 Å². The van der Waals surface area contributed by atoms with Gasteiger partial charge in [-0.25, -0.2) is 0 Å². The van der Waals surface area contributed by atoms with E-state index in [1.807, 2.05) is 65.0 Å². The first-order valence-corrected chi connectivity index (χ1v) is 9.69. The molecule has 3 nitrogen and oxygen atoms in total. The fraction of sp³-hybridized carbons (Fsp3) is 0.350. The molecule has 0 bridgehead atoms. The predicted molar refractivity (Wildman–Crippen MR) is 106 cm³/mol. The number of ether oxygens (including phenoxy) is 2. The van der Waals surface area contributed by atoms with Gasteiger partial charge in [-0.05, 0) is 67.0 Å². The quantitative estimate of drug-likeness (QED) is 0.542. The summed E-state index contributed by atoms with van der Waals surface area (Å²) >= 11 is 6.23. The molecule has 0 radical (unpaired) electrons. The fourth-order valence-electron chi connectivity index (χ4n) is 2.41. The Kier molecular flexibility index (Phi) is 9.21. The molecule has 2 rings (SSSR count). The first-order valence-electron chi connectivity index (χ1n) is 8.31. The molecule has 1 unspecified atom stereocenters. The van der Waals surface area contributed by atoms with Crippen molar-refractivity contribution in [1.82, 2.24) is 0 Å². The number of hydrogen-bond acceptors (Lipinski definition) is 3. The second kappa shape index (κ2) is 10.4. The minimum Gasteiger partial charge on any atom is -0.491 e. The molecule has 0 aliphatic heterocycles. The van der Waals surface area contributed by atoms with E-state index in [2.05, 4.69) is 0 Å². The van der Waals surface area contributed by atoms with Crippen LogP contribution in [0, 0.1) is 6.92 Å². The minimum atomic E-state index is -0.0648. The summed E-state index contributed by atoms with van der Waals surface area (Å²) in [5.41, 5.74) is 1.48. The molecule has 0 aliphatic carbocycles. The maximum absolute atomic E-state index is 12.8. The van der Waals surface area contributed by atoms with E-state index in [0.717, 1.165) is 16.6 Å². The molecule has 134 valence electrons. The first kappa shape index (κ1) is 23.1. The van der Waals surface area contributed by atoms with Crippen LogP contribution >= 0.6 is 20.2 Å². The van der Waals surface area contributed by atoms with E-state index >= 15 is 0 Å². The third-order valence-corrected chi connectivity index (χ3v) is 4.86. The van der Waals surface area contributed by atoms with Crippen LogP contribution in [0.3, 0.4) is 0 Å². The second-order valence-electron chi connectivity index (χ2n) is 6.38. The molecule has 0 amide bonds. The molecular formula is C20H24ClLiO3P+. The van der Waals surface area contributed by atoms with Crippen molar-refractivity contribution in [3.8, 4) is 11.5 Å². The second-order valence-corrected chi connectivity index (χ2v) is 8.03. The van der Waals surface area contributed by atoms with Crippen LogP contribution in [0.2, 0.25) is 5.02 Å². The van der Waals surface area contributed by atoms with Gasteiger partial charge in [0.25, 0.3) is 0 Å². The maximum atomic E-state index is 12.8. The fourth-order valence-corrected chi connectivity index (χ4v) is 3.92. The van der Waals surface area contributed by atoms with E-state index in [1.54, 1.807) is 6.07 Å². The van der Waals surface area contributed by atoms with Gasteiger partial charge in [-0.15, -0.1) is 0 Å². The topological polar surface area (TPSA) is 35.5 Å². The third kappa shape index (κ3) is 6.33. The van der Waals surface area contributed by atoms with E-state index < -0.39 is 0 Å². The van der Waals surface area contributed by atoms with Gasteiger partial charge in [-0.3, -0.25) is 4.79 Å². The van der Waals surface area contributed by atoms with Crippen LogP contribution in [0.5, 0.6) is 11.5 Å². The SMILES string of the molecule is Cc1cccc(Cl)c1C(=O)Pc1ccc(OC(C)C)cc1OC(C)C.[Li+]. The zero-order valence-electron chi connectivity index (χ0n) is 16.2. The van der Waals surface area contributed by atoms with Gasteiger partial charge in [-0.1, -0.05) is 23.7 Å². The van der Waals surface area contributed by atoms with Gasteiger partial charge in [0.15, 0.2) is 5.52 Å². The van der Waals surface area contributed by atoms with Gasteiger partial charge in [0.1, 0.15) is 11.5 Å². The number of carbonyl (C=O) groups is 1. The van der Waals surface area contributed by atoms with Crippen molar-refractivity contribution in [1.29, 1.82) is 0 Å². The van der Waals surface area contributed by atoms with Crippen molar-refractivity contribution in [2.75, 3.05) is 0 Å². The number of hydrogen-bond donors (Lipinski definition) is 0. The molecule has 2 aromatic rings. The average molecular weight is 386 g/mol. The summed E-state index contributed by atoms with van der Waals surface area (Å²) in [6.07, 6.45) is 0.0857. The van der Waals surface area contributed by atoms with Crippen LogP contribution < -0.4 is 33.6 Å². The van der Waals surface area contributed by atoms with Crippen molar-refractivity contribution >= 4 is 31.0 Å². The minimum absolute atomic E-state index is 0. The van der Waals surface area contributed by atoms with Gasteiger partial charge >= 0.3 is 18.9 Å². The molecule has 0 saturated heterocycles. The van der Waals surface area contributed by atoms with Gasteiger partial charge in [0.05, 0.1) is 17.2 Å². The van der Waals surface area contributed by atoms with E-state index in [9.17, 15) is 4.79 Å². The van der Waals surface area contributed by atoms with Crippen molar-refractivity contribution in [3.63, 3.8) is 0 Å². The van der Waals surface area contributed by atoms with E-state index in [0.29, 0.717) is 16.3 Å². The summed E-state index contributed by atoms with van der Waals surface area (Å²) in [5.74, 6) is 1.42. The molecule has 6 heteroatoms. The normalized spacial score (nSPS) is 11.1. The third-order valence-electron chi connectivity index (χ3n) is 3.38. The molecule has 0 fully saturated rings. The maximum Gasteiger partial charge on any atom is 1.00 e. The molecule has 0 aromatic heterocycles. The van der Waals surface area contributed by atoms with Crippen molar-refractivity contribution in [2.45, 2.75) is 46.8 Å². The zero-order chi connectivity index (χ0) is 18.6. The van der Waals surface area contributed by atoms with Gasteiger partial charge in [0.2, 0.25) is 0 Å². The number of rotatable bonds is 7. The number of carbonyl (C=O) groups excluding carboxylic acids is 1. The molecule has 1 atom stereocenters. The molecule has 26 heavy (non-hydrogen) atoms. The number of aryl methyl sites for hydroxylation is 1. The number of halogens is 1. The summed E-state index contributed by atoms with van der Waals surface area (Å²) in [6, 6.07) is 11.1. The predicted octanol–water partition coefficient (Wildman–Crippen LogP) is 2.37. The molecule has 0 aliphatic rings. The number of benzene rings is 2. The average Bonchev–Trinajstić information content (AvgIpc) is 2.48. The Hall–Kier alpha value is -0.973. The van der Waals surface area contributed by atoms with Crippen molar-refractivity contribution < 1.29 is 33.1 Å². The first-order chi connectivity index (χ1) is 11.8. The molecule has 2 aromatic carbocycles. The molecule has 0 N–H and O–H groups in total. The summed E-state index contributed by atoms with van der Waals surface area (Å²) < 4.78 is 11.6. The molecule has 0 spiro atoms. The van der Waals surface area contributed by atoms with E-state index in [4.69, 9.17) is 21.1 Å². The standard InChI is InChI=1S/C20H24ClO3P.Li/c1-12(2)23-15-9-10-18(17(11-15)24-13(3)4)25-20(22)19-14(5)7-6-8-16(19)21;/h6-13,25H,1-5H3;/q;+1. The van der Waals surface area contributed by atoms with Crippen LogP contribution in [-0.2, 0) is 0 Å². The van der Waals surface area contributed by atoms with Crippen LogP contribution in [0.1, 0.15) is 43.6 Å². The van der Waals surface area contributed by atoms with Gasteiger partial charge < -0.3 is 9.47 Å². The largest absolute Gasteiger partial charge is 1.00 e. The molecular weight excluding hydrogens is 362 g/mol. The van der Waals surface area contributed by atoms with Crippen LogP contribution in [-0.4, -0.2) is 17.7 Å².